The van der Waals surface area contributed by atoms with Crippen LogP contribution in [0.1, 0.15) is 81.5 Å². The van der Waals surface area contributed by atoms with E-state index in [1.54, 1.807) is 18.2 Å². The van der Waals surface area contributed by atoms with E-state index in [9.17, 15) is 14.4 Å². The lowest BCUT2D eigenvalue weighted by Gasteiger charge is -2.49. The summed E-state index contributed by atoms with van der Waals surface area (Å²) >= 11 is 6.64. The summed E-state index contributed by atoms with van der Waals surface area (Å²) in [4.78, 5) is 44.0. The molecule has 1 N–H and O–H groups in total. The summed E-state index contributed by atoms with van der Waals surface area (Å²) in [5, 5.41) is 3.43. The van der Waals surface area contributed by atoms with E-state index in [2.05, 4.69) is 50.0 Å². The van der Waals surface area contributed by atoms with Crippen molar-refractivity contribution < 1.29 is 19.1 Å². The zero-order valence-corrected chi connectivity index (χ0v) is 28.9. The van der Waals surface area contributed by atoms with Crippen LogP contribution in [0.5, 0.6) is 5.75 Å². The number of amides is 1. The van der Waals surface area contributed by atoms with Gasteiger partial charge in [0.2, 0.25) is 0 Å². The molecule has 6 rings (SSSR count). The fourth-order valence-electron chi connectivity index (χ4n) is 7.41. The molecule has 47 heavy (non-hydrogen) atoms. The molecule has 2 aliphatic carbocycles. The van der Waals surface area contributed by atoms with Gasteiger partial charge < -0.3 is 15.0 Å². The minimum atomic E-state index is -0.644. The number of hydrogen-bond acceptors (Lipinski definition) is 5. The zero-order valence-electron chi connectivity index (χ0n) is 28.1. The van der Waals surface area contributed by atoms with Crippen molar-refractivity contribution >= 4 is 34.8 Å². The van der Waals surface area contributed by atoms with E-state index in [4.69, 9.17) is 16.3 Å². The molecule has 1 amide bonds. The molecule has 7 heteroatoms. The normalized spacial score (nSPS) is 19.0. The Bertz CT molecular complexity index is 1780. The Kier molecular flexibility index (Phi) is 8.69. The van der Waals surface area contributed by atoms with Crippen molar-refractivity contribution in [1.29, 1.82) is 0 Å². The molecule has 0 atom stereocenters. The SMILES string of the molecule is Cc1cccc(NC(=O)COc2ccc(Cl)cc2C2C3=C(CC(C)(C)CC3=O)N(Cc3ccccc3)C3=C2C(=O)CC(C)(C)C3)c1C. The van der Waals surface area contributed by atoms with Crippen LogP contribution in [0.25, 0.3) is 0 Å². The molecule has 1 aliphatic heterocycles. The fourth-order valence-corrected chi connectivity index (χ4v) is 7.59. The topological polar surface area (TPSA) is 75.7 Å². The fraction of sp³-hybridized carbons (Fsp3) is 0.375. The summed E-state index contributed by atoms with van der Waals surface area (Å²) < 4.78 is 6.23. The van der Waals surface area contributed by atoms with Gasteiger partial charge in [-0.15, -0.1) is 0 Å². The Morgan fingerprint density at radius 1 is 0.851 bits per heavy atom. The van der Waals surface area contributed by atoms with Gasteiger partial charge >= 0.3 is 0 Å². The van der Waals surface area contributed by atoms with Crippen molar-refractivity contribution in [3.05, 3.63) is 117 Å². The zero-order chi connectivity index (χ0) is 33.7. The van der Waals surface area contributed by atoms with Crippen LogP contribution in [0.15, 0.2) is 89.3 Å². The molecule has 0 saturated carbocycles. The number of anilines is 1. The molecule has 0 radical (unpaired) electrons. The summed E-state index contributed by atoms with van der Waals surface area (Å²) in [5.74, 6) is -0.455. The molecule has 0 spiro atoms. The maximum Gasteiger partial charge on any atom is 0.262 e. The van der Waals surface area contributed by atoms with Crippen molar-refractivity contribution in [2.24, 2.45) is 10.8 Å². The number of nitrogens with zero attached hydrogens (tertiary/aromatic N) is 1. The van der Waals surface area contributed by atoms with Gasteiger partial charge in [0.1, 0.15) is 5.75 Å². The molecular weight excluding hydrogens is 608 g/mol. The van der Waals surface area contributed by atoms with Crippen LogP contribution in [0.3, 0.4) is 0 Å². The summed E-state index contributed by atoms with van der Waals surface area (Å²) in [6, 6.07) is 21.2. The predicted molar refractivity (Wildman–Crippen MR) is 186 cm³/mol. The lowest BCUT2D eigenvalue weighted by atomic mass is 9.63. The molecule has 1 heterocycles. The Hall–Kier alpha value is -4.16. The quantitative estimate of drug-likeness (QED) is 0.276. The highest BCUT2D eigenvalue weighted by Gasteiger charge is 2.49. The molecule has 3 aromatic rings. The first-order chi connectivity index (χ1) is 22.2. The number of halogens is 1. The lowest BCUT2D eigenvalue weighted by molar-refractivity contribution is -0.120. The number of carbonyl (C=O) groups is 3. The van der Waals surface area contributed by atoms with Gasteiger partial charge in [0.25, 0.3) is 5.91 Å². The highest BCUT2D eigenvalue weighted by Crippen LogP contribution is 2.56. The van der Waals surface area contributed by atoms with Gasteiger partial charge in [-0.1, -0.05) is 81.8 Å². The van der Waals surface area contributed by atoms with Gasteiger partial charge in [0.15, 0.2) is 18.2 Å². The van der Waals surface area contributed by atoms with Gasteiger partial charge in [0.05, 0.1) is 0 Å². The smallest absolute Gasteiger partial charge is 0.262 e. The molecule has 244 valence electrons. The third-order valence-electron chi connectivity index (χ3n) is 9.73. The molecule has 3 aromatic carbocycles. The standard InChI is InChI=1S/C40H43ClN2O4/c1-24-11-10-14-29(25(24)2)42-35(46)23-47-34-16-15-27(41)17-28(34)36-37-30(18-39(3,4)20-32(37)44)43(22-26-12-8-7-9-13-26)31-19-40(5,6)21-33(45)38(31)36/h7-17,36H,18-23H2,1-6H3,(H,42,46). The number of benzene rings is 3. The van der Waals surface area contributed by atoms with Crippen LogP contribution in [0.2, 0.25) is 5.02 Å². The van der Waals surface area contributed by atoms with E-state index in [1.807, 2.05) is 50.2 Å². The maximum absolute atomic E-state index is 14.3. The van der Waals surface area contributed by atoms with E-state index < -0.39 is 5.92 Å². The third-order valence-corrected chi connectivity index (χ3v) is 9.96. The minimum absolute atomic E-state index is 0.0297. The average molecular weight is 651 g/mol. The molecule has 3 aliphatic rings. The van der Waals surface area contributed by atoms with Crippen LogP contribution in [-0.2, 0) is 20.9 Å². The second-order valence-electron chi connectivity index (χ2n) is 14.9. The van der Waals surface area contributed by atoms with Gasteiger partial charge in [0, 0.05) is 64.1 Å². The van der Waals surface area contributed by atoms with Crippen LogP contribution in [0.4, 0.5) is 5.69 Å². The molecule has 0 aromatic heterocycles. The minimum Gasteiger partial charge on any atom is -0.483 e. The molecular formula is C40H43ClN2O4. The number of allylic oxidation sites excluding steroid dienone is 4. The van der Waals surface area contributed by atoms with Crippen LogP contribution in [-0.4, -0.2) is 29.0 Å². The first-order valence-electron chi connectivity index (χ1n) is 16.4. The Morgan fingerprint density at radius 2 is 1.47 bits per heavy atom. The van der Waals surface area contributed by atoms with E-state index in [1.165, 1.54) is 0 Å². The van der Waals surface area contributed by atoms with Gasteiger partial charge in [-0.05, 0) is 78.5 Å². The van der Waals surface area contributed by atoms with E-state index in [-0.39, 0.29) is 34.9 Å². The van der Waals surface area contributed by atoms with E-state index >= 15 is 0 Å². The monoisotopic (exact) mass is 650 g/mol. The van der Waals surface area contributed by atoms with Gasteiger partial charge in [-0.3, -0.25) is 14.4 Å². The Balaban J connectivity index is 1.46. The van der Waals surface area contributed by atoms with E-state index in [0.29, 0.717) is 59.7 Å². The molecule has 6 nitrogen and oxygen atoms in total. The van der Waals surface area contributed by atoms with Crippen molar-refractivity contribution in [3.63, 3.8) is 0 Å². The second-order valence-corrected chi connectivity index (χ2v) is 15.3. The number of hydrogen-bond donors (Lipinski definition) is 1. The number of carbonyl (C=O) groups excluding carboxylic acids is 3. The van der Waals surface area contributed by atoms with Crippen LogP contribution < -0.4 is 10.1 Å². The first kappa shape index (κ1) is 32.8. The summed E-state index contributed by atoms with van der Waals surface area (Å²) in [7, 11) is 0. The highest BCUT2D eigenvalue weighted by atomic mass is 35.5. The Labute approximate surface area is 282 Å². The van der Waals surface area contributed by atoms with Crippen molar-refractivity contribution in [1.82, 2.24) is 4.90 Å². The highest BCUT2D eigenvalue weighted by molar-refractivity contribution is 6.30. The lowest BCUT2D eigenvalue weighted by Crippen LogP contribution is -2.44. The predicted octanol–water partition coefficient (Wildman–Crippen LogP) is 8.86. The largest absolute Gasteiger partial charge is 0.483 e. The number of rotatable bonds is 7. The number of nitrogens with one attached hydrogen (secondary N) is 1. The van der Waals surface area contributed by atoms with Crippen LogP contribution >= 0.6 is 11.6 Å². The number of ketones is 2. The molecule has 0 bridgehead atoms. The number of aryl methyl sites for hydroxylation is 1. The summed E-state index contributed by atoms with van der Waals surface area (Å²) in [6.45, 7) is 12.8. The van der Waals surface area contributed by atoms with Crippen LogP contribution in [0, 0.1) is 24.7 Å². The average Bonchev–Trinajstić information content (AvgIpc) is 2.99. The van der Waals surface area contributed by atoms with Gasteiger partial charge in [-0.25, -0.2) is 0 Å². The second kappa shape index (κ2) is 12.5. The number of Topliss-reactive ketones (excluding diaryl/α,β-unsaturated/α-hetero) is 2. The maximum atomic E-state index is 14.3. The summed E-state index contributed by atoms with van der Waals surface area (Å²) in [5.41, 5.74) is 7.25. The third kappa shape index (κ3) is 6.66. The van der Waals surface area contributed by atoms with E-state index in [0.717, 1.165) is 33.8 Å². The van der Waals surface area contributed by atoms with Crippen molar-refractivity contribution in [3.8, 4) is 5.75 Å². The van der Waals surface area contributed by atoms with Gasteiger partial charge in [-0.2, -0.15) is 0 Å². The molecule has 0 fully saturated rings. The number of ether oxygens (including phenoxy) is 1. The first-order valence-corrected chi connectivity index (χ1v) is 16.7. The summed E-state index contributed by atoms with van der Waals surface area (Å²) in [6.07, 6.45) is 2.13. The van der Waals surface area contributed by atoms with Crippen molar-refractivity contribution in [2.45, 2.75) is 79.7 Å². The molecule has 0 saturated heterocycles. The van der Waals surface area contributed by atoms with Crippen molar-refractivity contribution in [2.75, 3.05) is 11.9 Å². The Morgan fingerprint density at radius 3 is 2.09 bits per heavy atom. The molecule has 0 unspecified atom stereocenters.